The fraction of sp³-hybridized carbons (Fsp3) is 0.360. The average molecular weight is 484 g/mol. The highest BCUT2D eigenvalue weighted by atomic mass is 35.5. The Labute approximate surface area is 203 Å². The van der Waals surface area contributed by atoms with Gasteiger partial charge in [-0.1, -0.05) is 73.0 Å². The van der Waals surface area contributed by atoms with Crippen molar-refractivity contribution in [3.8, 4) is 0 Å². The van der Waals surface area contributed by atoms with Crippen LogP contribution in [0.3, 0.4) is 0 Å². The quantitative estimate of drug-likeness (QED) is 0.437. The Morgan fingerprint density at radius 3 is 2.56 bits per heavy atom. The van der Waals surface area contributed by atoms with Crippen molar-refractivity contribution in [1.29, 1.82) is 0 Å². The van der Waals surface area contributed by atoms with Crippen LogP contribution in [-0.2, 0) is 4.79 Å². The van der Waals surface area contributed by atoms with E-state index in [1.54, 1.807) is 11.8 Å². The van der Waals surface area contributed by atoms with E-state index in [1.165, 1.54) is 31.0 Å². The van der Waals surface area contributed by atoms with Crippen LogP contribution in [0.15, 0.2) is 68.4 Å². The van der Waals surface area contributed by atoms with Crippen molar-refractivity contribution in [2.24, 2.45) is 4.99 Å². The maximum Gasteiger partial charge on any atom is 0.269 e. The third-order valence-corrected chi connectivity index (χ3v) is 8.98. The molecule has 1 atom stereocenters. The number of halogens is 1. The minimum atomic E-state index is -0.00750. The van der Waals surface area contributed by atoms with E-state index in [0.29, 0.717) is 5.02 Å². The first-order valence-corrected chi connectivity index (χ1v) is 13.1. The second-order valence-corrected chi connectivity index (χ2v) is 10.9. The van der Waals surface area contributed by atoms with Gasteiger partial charge < -0.3 is 4.90 Å². The molecule has 1 amide bonds. The summed E-state index contributed by atoms with van der Waals surface area (Å²) >= 11 is 9.41. The number of hydrogen-bond donors (Lipinski definition) is 0. The molecule has 0 N–H and O–H groups in total. The SMILES string of the molecule is CC(N=C1SC(=C2Sc3ccc(Cl)cc3N2C)C(=O)N1C1CCCCC1)c1ccccc1. The zero-order valence-electron chi connectivity index (χ0n) is 18.3. The molecule has 0 radical (unpaired) electrons. The number of carbonyl (C=O) groups is 1. The van der Waals surface area contributed by atoms with E-state index < -0.39 is 0 Å². The molecule has 32 heavy (non-hydrogen) atoms. The second kappa shape index (κ2) is 9.16. The van der Waals surface area contributed by atoms with Crippen molar-refractivity contribution in [2.45, 2.75) is 56.0 Å². The molecular formula is C25H26ClN3OS2. The first kappa shape index (κ1) is 21.9. The van der Waals surface area contributed by atoms with Crippen LogP contribution >= 0.6 is 35.1 Å². The number of carbonyl (C=O) groups excluding carboxylic acids is 1. The van der Waals surface area contributed by atoms with Gasteiger partial charge in [0, 0.05) is 23.0 Å². The maximum atomic E-state index is 13.8. The maximum absolute atomic E-state index is 13.8. The van der Waals surface area contributed by atoms with E-state index in [4.69, 9.17) is 16.6 Å². The Morgan fingerprint density at radius 1 is 1.06 bits per heavy atom. The molecule has 166 valence electrons. The van der Waals surface area contributed by atoms with Crippen LogP contribution in [-0.4, -0.2) is 29.1 Å². The molecule has 1 aliphatic carbocycles. The first-order chi connectivity index (χ1) is 15.5. The summed E-state index contributed by atoms with van der Waals surface area (Å²) in [5, 5.41) is 2.51. The summed E-state index contributed by atoms with van der Waals surface area (Å²) in [5.74, 6) is 0.0918. The van der Waals surface area contributed by atoms with Crippen LogP contribution in [0.5, 0.6) is 0 Å². The zero-order chi connectivity index (χ0) is 22.2. The molecule has 3 aliphatic rings. The fourth-order valence-electron chi connectivity index (χ4n) is 4.56. The minimum Gasteiger partial charge on any atom is -0.337 e. The van der Waals surface area contributed by atoms with Gasteiger partial charge in [-0.25, -0.2) is 0 Å². The Morgan fingerprint density at radius 2 is 1.81 bits per heavy atom. The summed E-state index contributed by atoms with van der Waals surface area (Å²) in [4.78, 5) is 24.8. The van der Waals surface area contributed by atoms with Gasteiger partial charge in [0.15, 0.2) is 5.17 Å². The van der Waals surface area contributed by atoms with Crippen LogP contribution in [0.4, 0.5) is 5.69 Å². The number of thioether (sulfide) groups is 2. The number of fused-ring (bicyclic) bond motifs is 1. The van der Waals surface area contributed by atoms with Gasteiger partial charge in [-0.15, -0.1) is 0 Å². The molecule has 1 saturated heterocycles. The lowest BCUT2D eigenvalue weighted by atomic mass is 9.94. The lowest BCUT2D eigenvalue weighted by molar-refractivity contribution is -0.124. The Balaban J connectivity index is 1.53. The van der Waals surface area contributed by atoms with Crippen LogP contribution in [0.25, 0.3) is 0 Å². The number of rotatable bonds is 3. The molecule has 1 unspecified atom stereocenters. The van der Waals surface area contributed by atoms with Crippen LogP contribution in [0.1, 0.15) is 50.6 Å². The van der Waals surface area contributed by atoms with E-state index in [-0.39, 0.29) is 18.0 Å². The second-order valence-electron chi connectivity index (χ2n) is 8.47. The molecule has 2 fully saturated rings. The summed E-state index contributed by atoms with van der Waals surface area (Å²) in [6.45, 7) is 2.10. The van der Waals surface area contributed by atoms with Crippen molar-refractivity contribution in [1.82, 2.24) is 4.90 Å². The van der Waals surface area contributed by atoms with E-state index in [0.717, 1.165) is 44.1 Å². The Kier molecular flexibility index (Phi) is 6.28. The summed E-state index contributed by atoms with van der Waals surface area (Å²) in [6.07, 6.45) is 5.69. The van der Waals surface area contributed by atoms with E-state index in [2.05, 4.69) is 24.0 Å². The van der Waals surface area contributed by atoms with Crippen molar-refractivity contribution >= 4 is 51.9 Å². The molecule has 4 nitrogen and oxygen atoms in total. The summed E-state index contributed by atoms with van der Waals surface area (Å²) < 4.78 is 0. The van der Waals surface area contributed by atoms with Crippen molar-refractivity contribution in [3.63, 3.8) is 0 Å². The van der Waals surface area contributed by atoms with Crippen molar-refractivity contribution < 1.29 is 4.79 Å². The highest BCUT2D eigenvalue weighted by molar-refractivity contribution is 8.19. The van der Waals surface area contributed by atoms with Gasteiger partial charge in [-0.2, -0.15) is 0 Å². The standard InChI is InChI=1S/C25H26ClN3OS2/c1-16(17-9-5-3-6-10-17)27-25-29(19-11-7-4-8-12-19)23(30)22(32-25)24-28(2)20-15-18(26)13-14-21(20)31-24/h3,5-6,9-10,13-16,19H,4,7-8,11-12H2,1-2H3. The number of amides is 1. The van der Waals surface area contributed by atoms with E-state index in [1.807, 2.05) is 48.3 Å². The third-order valence-electron chi connectivity index (χ3n) is 6.33. The smallest absolute Gasteiger partial charge is 0.269 e. The normalized spacial score (nSPS) is 23.8. The number of aliphatic imine (C=N–C) groups is 1. The summed E-state index contributed by atoms with van der Waals surface area (Å²) in [7, 11) is 2.01. The molecule has 2 aromatic carbocycles. The van der Waals surface area contributed by atoms with Crippen LogP contribution in [0, 0.1) is 0 Å². The zero-order valence-corrected chi connectivity index (χ0v) is 20.6. The molecule has 2 heterocycles. The van der Waals surface area contributed by atoms with Gasteiger partial charge in [0.1, 0.15) is 4.91 Å². The molecule has 0 aromatic heterocycles. The minimum absolute atomic E-state index is 0.00750. The van der Waals surface area contributed by atoms with Crippen molar-refractivity contribution in [3.05, 3.63) is 69.1 Å². The fourth-order valence-corrected chi connectivity index (χ4v) is 7.17. The molecule has 5 rings (SSSR count). The highest BCUT2D eigenvalue weighted by Gasteiger charge is 2.42. The third kappa shape index (κ3) is 4.09. The van der Waals surface area contributed by atoms with E-state index in [9.17, 15) is 4.79 Å². The number of nitrogens with zero attached hydrogens (tertiary/aromatic N) is 3. The molecule has 7 heteroatoms. The lowest BCUT2D eigenvalue weighted by Crippen LogP contribution is -2.40. The van der Waals surface area contributed by atoms with Gasteiger partial charge in [0.25, 0.3) is 5.91 Å². The molecule has 2 aromatic rings. The largest absolute Gasteiger partial charge is 0.337 e. The van der Waals surface area contributed by atoms with Gasteiger partial charge in [-0.05, 0) is 55.3 Å². The van der Waals surface area contributed by atoms with Gasteiger partial charge in [0.2, 0.25) is 0 Å². The number of anilines is 1. The Bertz CT molecular complexity index is 1100. The Hall–Kier alpha value is -1.89. The monoisotopic (exact) mass is 483 g/mol. The number of benzene rings is 2. The summed E-state index contributed by atoms with van der Waals surface area (Å²) in [6, 6.07) is 16.4. The molecule has 0 bridgehead atoms. The highest BCUT2D eigenvalue weighted by Crippen LogP contribution is 2.51. The topological polar surface area (TPSA) is 35.9 Å². The average Bonchev–Trinajstić information content (AvgIpc) is 3.31. The van der Waals surface area contributed by atoms with Gasteiger partial charge in [0.05, 0.1) is 16.8 Å². The van der Waals surface area contributed by atoms with Crippen molar-refractivity contribution in [2.75, 3.05) is 11.9 Å². The molecule has 2 aliphatic heterocycles. The van der Waals surface area contributed by atoms with Crippen LogP contribution in [0.2, 0.25) is 5.02 Å². The predicted octanol–water partition coefficient (Wildman–Crippen LogP) is 7.08. The number of hydrogen-bond acceptors (Lipinski definition) is 5. The first-order valence-electron chi connectivity index (χ1n) is 11.1. The molecule has 1 saturated carbocycles. The van der Waals surface area contributed by atoms with E-state index >= 15 is 0 Å². The predicted molar refractivity (Wildman–Crippen MR) is 136 cm³/mol. The van der Waals surface area contributed by atoms with Crippen LogP contribution < -0.4 is 4.90 Å². The van der Waals surface area contributed by atoms with Gasteiger partial charge in [-0.3, -0.25) is 14.7 Å². The number of amidine groups is 1. The molecular weight excluding hydrogens is 458 g/mol. The summed E-state index contributed by atoms with van der Waals surface area (Å²) in [5.41, 5.74) is 2.21. The van der Waals surface area contributed by atoms with Gasteiger partial charge >= 0.3 is 0 Å². The molecule has 0 spiro atoms. The lowest BCUT2D eigenvalue weighted by Gasteiger charge is -2.30.